The van der Waals surface area contributed by atoms with Crippen LogP contribution in [0.25, 0.3) is 0 Å². The molecule has 1 N–H and O–H groups in total. The van der Waals surface area contributed by atoms with E-state index in [0.717, 1.165) is 0 Å². The van der Waals surface area contributed by atoms with E-state index in [1.165, 1.54) is 0 Å². The molecule has 0 spiro atoms. The molecule has 0 rings (SSSR count). The summed E-state index contributed by atoms with van der Waals surface area (Å²) in [5.74, 6) is 2.29. The lowest BCUT2D eigenvalue weighted by atomic mass is 10.5. The van der Waals surface area contributed by atoms with E-state index >= 15 is 0 Å². The zero-order valence-corrected chi connectivity index (χ0v) is 6.74. The third-order valence-electron chi connectivity index (χ3n) is 0.879. The molecule has 58 valence electrons. The number of rotatable bonds is 4. The van der Waals surface area contributed by atoms with Gasteiger partial charge < -0.3 is 0 Å². The zero-order chi connectivity index (χ0) is 8.04. The molecule has 0 aromatic heterocycles. The van der Waals surface area contributed by atoms with Crippen LogP contribution in [0, 0.1) is 12.3 Å². The summed E-state index contributed by atoms with van der Waals surface area (Å²) in [7, 11) is -3.09. The number of hydrogen-bond donors (Lipinski definition) is 1. The lowest BCUT2D eigenvalue weighted by Gasteiger charge is -1.99. The number of terminal acetylenes is 1. The summed E-state index contributed by atoms with van der Waals surface area (Å²) in [4.78, 5) is 0. The molecule has 0 atom stereocenters. The highest BCUT2D eigenvalue weighted by molar-refractivity contribution is 7.89. The molecule has 0 radical (unpaired) electrons. The van der Waals surface area contributed by atoms with Gasteiger partial charge in [-0.25, -0.2) is 13.1 Å². The van der Waals surface area contributed by atoms with Crippen molar-refractivity contribution in [2.75, 3.05) is 12.3 Å². The summed E-state index contributed by atoms with van der Waals surface area (Å²) in [5, 5.41) is 0. The second kappa shape index (κ2) is 4.31. The van der Waals surface area contributed by atoms with E-state index in [9.17, 15) is 8.42 Å². The molecule has 0 saturated carbocycles. The molecule has 0 saturated heterocycles. The molecule has 0 amide bonds. The van der Waals surface area contributed by atoms with Gasteiger partial charge in [0.2, 0.25) is 10.0 Å². The van der Waals surface area contributed by atoms with Crippen LogP contribution in [0.1, 0.15) is 13.3 Å². The predicted molar refractivity (Wildman–Crippen MR) is 40.9 cm³/mol. The summed E-state index contributed by atoms with van der Waals surface area (Å²) < 4.78 is 23.9. The monoisotopic (exact) mass is 161 g/mol. The van der Waals surface area contributed by atoms with E-state index in [-0.39, 0.29) is 12.2 Å². The fraction of sp³-hybridized carbons (Fsp3) is 0.667. The van der Waals surface area contributed by atoms with E-state index in [4.69, 9.17) is 6.42 Å². The fourth-order valence-electron chi connectivity index (χ4n) is 0.485. The van der Waals surface area contributed by atoms with Crippen LogP contribution in [-0.4, -0.2) is 20.7 Å². The van der Waals surface area contributed by atoms with Crippen molar-refractivity contribution in [2.45, 2.75) is 13.3 Å². The molecular formula is C6H11NO2S. The normalized spacial score (nSPS) is 10.8. The molecule has 0 heterocycles. The van der Waals surface area contributed by atoms with Crippen molar-refractivity contribution in [3.8, 4) is 12.3 Å². The maximum atomic E-state index is 10.8. The molecule has 4 heteroatoms. The van der Waals surface area contributed by atoms with Gasteiger partial charge in [0.1, 0.15) is 0 Å². The highest BCUT2D eigenvalue weighted by Gasteiger charge is 2.05. The summed E-state index contributed by atoms with van der Waals surface area (Å²) >= 11 is 0. The van der Waals surface area contributed by atoms with Gasteiger partial charge in [0, 0.05) is 13.0 Å². The van der Waals surface area contributed by atoms with Crippen molar-refractivity contribution < 1.29 is 8.42 Å². The van der Waals surface area contributed by atoms with E-state index in [1.807, 2.05) is 0 Å². The van der Waals surface area contributed by atoms with Gasteiger partial charge in [-0.3, -0.25) is 0 Å². The van der Waals surface area contributed by atoms with Gasteiger partial charge in [-0.1, -0.05) is 6.92 Å². The van der Waals surface area contributed by atoms with Crippen LogP contribution < -0.4 is 4.72 Å². The van der Waals surface area contributed by atoms with Crippen LogP contribution >= 0.6 is 0 Å². The topological polar surface area (TPSA) is 46.2 Å². The zero-order valence-electron chi connectivity index (χ0n) is 5.92. The Bertz CT molecular complexity index is 212. The molecule has 0 aliphatic rings. The number of nitrogens with one attached hydrogen (secondary N) is 1. The minimum atomic E-state index is -3.09. The van der Waals surface area contributed by atoms with Crippen molar-refractivity contribution >= 4 is 10.0 Å². The highest BCUT2D eigenvalue weighted by atomic mass is 32.2. The Hall–Kier alpha value is -0.530. The molecule has 3 nitrogen and oxygen atoms in total. The van der Waals surface area contributed by atoms with E-state index in [1.54, 1.807) is 6.92 Å². The largest absolute Gasteiger partial charge is 0.215 e. The Balaban J connectivity index is 3.80. The van der Waals surface area contributed by atoms with Gasteiger partial charge in [0.15, 0.2) is 0 Å². The molecule has 0 aromatic carbocycles. The third-order valence-corrected chi connectivity index (χ3v) is 2.35. The molecule has 10 heavy (non-hydrogen) atoms. The van der Waals surface area contributed by atoms with Crippen molar-refractivity contribution in [3.63, 3.8) is 0 Å². The Labute approximate surface area is 61.9 Å². The first kappa shape index (κ1) is 9.47. The van der Waals surface area contributed by atoms with Crippen molar-refractivity contribution in [2.24, 2.45) is 0 Å². The Morgan fingerprint density at radius 2 is 2.20 bits per heavy atom. The first-order valence-electron chi connectivity index (χ1n) is 3.03. The first-order valence-corrected chi connectivity index (χ1v) is 4.68. The smallest absolute Gasteiger partial charge is 0.212 e. The third kappa shape index (κ3) is 4.36. The van der Waals surface area contributed by atoms with Crippen LogP contribution in [0.5, 0.6) is 0 Å². The van der Waals surface area contributed by atoms with Crippen LogP contribution in [0.4, 0.5) is 0 Å². The minimum absolute atomic E-state index is 0.0251. The van der Waals surface area contributed by atoms with E-state index in [0.29, 0.717) is 6.54 Å². The second-order valence-corrected chi connectivity index (χ2v) is 3.70. The van der Waals surface area contributed by atoms with Gasteiger partial charge in [-0.2, -0.15) is 0 Å². The molecule has 0 aliphatic heterocycles. The summed E-state index contributed by atoms with van der Waals surface area (Å²) in [6.45, 7) is 2.15. The Morgan fingerprint density at radius 1 is 1.60 bits per heavy atom. The highest BCUT2D eigenvalue weighted by Crippen LogP contribution is 1.86. The molecule has 0 fully saturated rings. The average Bonchev–Trinajstić information content (AvgIpc) is 1.84. The van der Waals surface area contributed by atoms with Gasteiger partial charge in [-0.15, -0.1) is 12.3 Å². The lowest BCUT2D eigenvalue weighted by molar-refractivity contribution is 0.584. The summed E-state index contributed by atoms with van der Waals surface area (Å²) in [6, 6.07) is 0. The van der Waals surface area contributed by atoms with Crippen LogP contribution in [-0.2, 0) is 10.0 Å². The average molecular weight is 161 g/mol. The fourth-order valence-corrected chi connectivity index (χ4v) is 1.46. The maximum Gasteiger partial charge on any atom is 0.212 e. The predicted octanol–water partition coefficient (Wildman–Crippen LogP) is -0.0510. The van der Waals surface area contributed by atoms with Crippen molar-refractivity contribution in [3.05, 3.63) is 0 Å². The number of sulfonamides is 1. The van der Waals surface area contributed by atoms with E-state index in [2.05, 4.69) is 10.6 Å². The van der Waals surface area contributed by atoms with Crippen LogP contribution in [0.3, 0.4) is 0 Å². The van der Waals surface area contributed by atoms with E-state index < -0.39 is 10.0 Å². The molecule has 0 aromatic rings. The maximum absolute atomic E-state index is 10.8. The quantitative estimate of drug-likeness (QED) is 0.587. The first-order chi connectivity index (χ1) is 4.62. The molecule has 0 bridgehead atoms. The molecule has 0 aliphatic carbocycles. The number of hydrogen-bond acceptors (Lipinski definition) is 2. The minimum Gasteiger partial charge on any atom is -0.215 e. The van der Waals surface area contributed by atoms with Gasteiger partial charge in [0.25, 0.3) is 0 Å². The Kier molecular flexibility index (Phi) is 4.08. The van der Waals surface area contributed by atoms with Gasteiger partial charge in [0.05, 0.1) is 5.75 Å². The van der Waals surface area contributed by atoms with Crippen LogP contribution in [0.15, 0.2) is 0 Å². The van der Waals surface area contributed by atoms with Crippen molar-refractivity contribution in [1.82, 2.24) is 4.72 Å². The summed E-state index contributed by atoms with van der Waals surface area (Å²) in [5.41, 5.74) is 0. The SMILES string of the molecule is C#CCCS(=O)(=O)NCC. The summed E-state index contributed by atoms with van der Waals surface area (Å²) in [6.07, 6.45) is 5.16. The van der Waals surface area contributed by atoms with Crippen LogP contribution in [0.2, 0.25) is 0 Å². The molecular weight excluding hydrogens is 150 g/mol. The second-order valence-electron chi connectivity index (χ2n) is 1.77. The molecule has 0 unspecified atom stereocenters. The van der Waals surface area contributed by atoms with Crippen molar-refractivity contribution in [1.29, 1.82) is 0 Å². The van der Waals surface area contributed by atoms with Gasteiger partial charge in [-0.05, 0) is 0 Å². The standard InChI is InChI=1S/C6H11NO2S/c1-3-5-6-10(8,9)7-4-2/h1,7H,4-6H2,2H3. The van der Waals surface area contributed by atoms with Gasteiger partial charge >= 0.3 is 0 Å². The lowest BCUT2D eigenvalue weighted by Crippen LogP contribution is -2.25. The Morgan fingerprint density at radius 3 is 2.60 bits per heavy atom.